The summed E-state index contributed by atoms with van der Waals surface area (Å²) in [6.07, 6.45) is 0. The number of benzene rings is 1. The molecule has 0 saturated carbocycles. The summed E-state index contributed by atoms with van der Waals surface area (Å²) >= 11 is 0. The van der Waals surface area contributed by atoms with Crippen molar-refractivity contribution in [3.05, 3.63) is 29.8 Å². The van der Waals surface area contributed by atoms with Crippen molar-refractivity contribution in [2.24, 2.45) is 11.7 Å². The Morgan fingerprint density at radius 3 is 2.40 bits per heavy atom. The Bertz CT molecular complexity index is 390. The molecule has 1 rings (SSSR count). The highest BCUT2D eigenvalue weighted by Crippen LogP contribution is 2.26. The quantitative estimate of drug-likeness (QED) is 0.791. The van der Waals surface area contributed by atoms with E-state index in [1.807, 2.05) is 13.0 Å². The standard InChI is InChI=1S/C17H30N2O/c1-6-20-16-9-7-8-15(10-16)17(11-18)19(14(4)5)12-13(2)3/h7-10,13-14,17H,6,11-12,18H2,1-5H3. The third-order valence-corrected chi connectivity index (χ3v) is 3.42. The van der Waals surface area contributed by atoms with Crippen LogP contribution in [0.1, 0.15) is 46.2 Å². The number of hydrogen-bond acceptors (Lipinski definition) is 3. The van der Waals surface area contributed by atoms with Crippen LogP contribution in [0, 0.1) is 5.92 Å². The van der Waals surface area contributed by atoms with Crippen LogP contribution < -0.4 is 10.5 Å². The summed E-state index contributed by atoms with van der Waals surface area (Å²) in [5, 5.41) is 0. The Morgan fingerprint density at radius 1 is 1.20 bits per heavy atom. The third-order valence-electron chi connectivity index (χ3n) is 3.42. The fraction of sp³-hybridized carbons (Fsp3) is 0.647. The number of rotatable bonds is 8. The predicted octanol–water partition coefficient (Wildman–Crippen LogP) is 3.45. The lowest BCUT2D eigenvalue weighted by molar-refractivity contribution is 0.138. The van der Waals surface area contributed by atoms with Crippen LogP contribution in [0.15, 0.2) is 24.3 Å². The van der Waals surface area contributed by atoms with Crippen molar-refractivity contribution in [2.45, 2.75) is 46.7 Å². The van der Waals surface area contributed by atoms with Crippen molar-refractivity contribution in [3.8, 4) is 5.75 Å². The van der Waals surface area contributed by atoms with Gasteiger partial charge < -0.3 is 10.5 Å². The minimum absolute atomic E-state index is 0.248. The maximum Gasteiger partial charge on any atom is 0.119 e. The molecule has 0 aliphatic rings. The Labute approximate surface area is 124 Å². The lowest BCUT2D eigenvalue weighted by Crippen LogP contribution is -2.40. The van der Waals surface area contributed by atoms with Gasteiger partial charge in [0.25, 0.3) is 0 Å². The fourth-order valence-electron chi connectivity index (χ4n) is 2.56. The van der Waals surface area contributed by atoms with E-state index in [0.717, 1.165) is 12.3 Å². The van der Waals surface area contributed by atoms with Gasteiger partial charge in [-0.25, -0.2) is 0 Å². The molecule has 1 unspecified atom stereocenters. The van der Waals surface area contributed by atoms with Gasteiger partial charge in [-0.1, -0.05) is 26.0 Å². The summed E-state index contributed by atoms with van der Waals surface area (Å²) in [7, 11) is 0. The average molecular weight is 278 g/mol. The second-order valence-electron chi connectivity index (χ2n) is 5.94. The van der Waals surface area contributed by atoms with Gasteiger partial charge in [-0.05, 0) is 44.4 Å². The lowest BCUT2D eigenvalue weighted by Gasteiger charge is -2.36. The highest BCUT2D eigenvalue weighted by molar-refractivity contribution is 5.31. The molecule has 0 amide bonds. The topological polar surface area (TPSA) is 38.5 Å². The van der Waals surface area contributed by atoms with Gasteiger partial charge in [-0.15, -0.1) is 0 Å². The molecule has 0 fully saturated rings. The van der Waals surface area contributed by atoms with Gasteiger partial charge >= 0.3 is 0 Å². The summed E-state index contributed by atoms with van der Waals surface area (Å²) in [4.78, 5) is 2.48. The number of ether oxygens (including phenoxy) is 1. The highest BCUT2D eigenvalue weighted by atomic mass is 16.5. The van der Waals surface area contributed by atoms with Gasteiger partial charge in [0.05, 0.1) is 6.61 Å². The van der Waals surface area contributed by atoms with E-state index in [-0.39, 0.29) is 6.04 Å². The van der Waals surface area contributed by atoms with Crippen molar-refractivity contribution < 1.29 is 4.74 Å². The fourth-order valence-corrected chi connectivity index (χ4v) is 2.56. The zero-order valence-corrected chi connectivity index (χ0v) is 13.6. The molecule has 0 spiro atoms. The van der Waals surface area contributed by atoms with Crippen LogP contribution in [0.4, 0.5) is 0 Å². The zero-order valence-electron chi connectivity index (χ0n) is 13.6. The van der Waals surface area contributed by atoms with E-state index in [1.54, 1.807) is 0 Å². The molecule has 0 saturated heterocycles. The predicted molar refractivity (Wildman–Crippen MR) is 86.1 cm³/mol. The van der Waals surface area contributed by atoms with Gasteiger partial charge in [0.1, 0.15) is 5.75 Å². The van der Waals surface area contributed by atoms with Gasteiger partial charge in [0, 0.05) is 25.2 Å². The van der Waals surface area contributed by atoms with E-state index < -0.39 is 0 Å². The summed E-state index contributed by atoms with van der Waals surface area (Å²) < 4.78 is 5.60. The van der Waals surface area contributed by atoms with Crippen LogP contribution in [0.5, 0.6) is 5.75 Å². The largest absolute Gasteiger partial charge is 0.494 e. The third kappa shape index (κ3) is 4.80. The molecule has 0 aliphatic heterocycles. The van der Waals surface area contributed by atoms with Gasteiger partial charge in [-0.3, -0.25) is 4.90 Å². The summed E-state index contributed by atoms with van der Waals surface area (Å²) in [6, 6.07) is 9.05. The number of nitrogens with zero attached hydrogens (tertiary/aromatic N) is 1. The average Bonchev–Trinajstić information content (AvgIpc) is 2.39. The first-order valence-corrected chi connectivity index (χ1v) is 7.68. The molecule has 0 heterocycles. The van der Waals surface area contributed by atoms with Crippen molar-refractivity contribution in [1.29, 1.82) is 0 Å². The Kier molecular flexibility index (Phi) is 7.03. The molecule has 0 aromatic heterocycles. The van der Waals surface area contributed by atoms with Crippen LogP contribution in [0.3, 0.4) is 0 Å². The van der Waals surface area contributed by atoms with Gasteiger partial charge in [0.2, 0.25) is 0 Å². The van der Waals surface area contributed by atoms with E-state index in [0.29, 0.717) is 25.1 Å². The summed E-state index contributed by atoms with van der Waals surface area (Å²) in [5.41, 5.74) is 7.30. The molecule has 3 heteroatoms. The van der Waals surface area contributed by atoms with Crippen molar-refractivity contribution >= 4 is 0 Å². The molecule has 0 radical (unpaired) electrons. The maximum absolute atomic E-state index is 6.06. The Morgan fingerprint density at radius 2 is 1.90 bits per heavy atom. The van der Waals surface area contributed by atoms with Gasteiger partial charge in [0.15, 0.2) is 0 Å². The summed E-state index contributed by atoms with van der Waals surface area (Å²) in [5.74, 6) is 1.55. The molecule has 2 N–H and O–H groups in total. The first kappa shape index (κ1) is 17.0. The number of hydrogen-bond donors (Lipinski definition) is 1. The van der Waals surface area contributed by atoms with Crippen molar-refractivity contribution in [3.63, 3.8) is 0 Å². The van der Waals surface area contributed by atoms with E-state index in [9.17, 15) is 0 Å². The monoisotopic (exact) mass is 278 g/mol. The first-order chi connectivity index (χ1) is 9.49. The second kappa shape index (κ2) is 8.28. The minimum Gasteiger partial charge on any atom is -0.494 e. The van der Waals surface area contributed by atoms with E-state index in [4.69, 9.17) is 10.5 Å². The highest BCUT2D eigenvalue weighted by Gasteiger charge is 2.22. The summed E-state index contributed by atoms with van der Waals surface area (Å²) in [6.45, 7) is 13.3. The minimum atomic E-state index is 0.248. The Balaban J connectivity index is 2.99. The zero-order chi connectivity index (χ0) is 15.1. The maximum atomic E-state index is 6.06. The van der Waals surface area contributed by atoms with Crippen molar-refractivity contribution in [2.75, 3.05) is 19.7 Å². The van der Waals surface area contributed by atoms with Gasteiger partial charge in [-0.2, -0.15) is 0 Å². The molecule has 20 heavy (non-hydrogen) atoms. The van der Waals surface area contributed by atoms with E-state index in [1.165, 1.54) is 5.56 Å². The van der Waals surface area contributed by atoms with E-state index >= 15 is 0 Å². The van der Waals surface area contributed by atoms with Crippen LogP contribution in [0.2, 0.25) is 0 Å². The van der Waals surface area contributed by atoms with Crippen LogP contribution in [-0.2, 0) is 0 Å². The second-order valence-corrected chi connectivity index (χ2v) is 5.94. The Hall–Kier alpha value is -1.06. The van der Waals surface area contributed by atoms with E-state index in [2.05, 4.69) is 50.8 Å². The number of nitrogens with two attached hydrogens (primary N) is 1. The van der Waals surface area contributed by atoms with Crippen molar-refractivity contribution in [1.82, 2.24) is 4.90 Å². The molecular weight excluding hydrogens is 248 g/mol. The molecular formula is C17H30N2O. The molecule has 114 valence electrons. The molecule has 0 aliphatic carbocycles. The normalized spacial score (nSPS) is 13.2. The molecule has 3 nitrogen and oxygen atoms in total. The van der Waals surface area contributed by atoms with Crippen LogP contribution in [0.25, 0.3) is 0 Å². The lowest BCUT2D eigenvalue weighted by atomic mass is 10.0. The smallest absolute Gasteiger partial charge is 0.119 e. The molecule has 1 aromatic carbocycles. The molecule has 1 atom stereocenters. The van der Waals surface area contributed by atoms with Crippen LogP contribution in [-0.4, -0.2) is 30.6 Å². The molecule has 1 aromatic rings. The SMILES string of the molecule is CCOc1cccc(C(CN)N(CC(C)C)C(C)C)c1. The first-order valence-electron chi connectivity index (χ1n) is 7.68. The van der Waals surface area contributed by atoms with Crippen LogP contribution >= 0.6 is 0 Å². The molecule has 0 bridgehead atoms.